The van der Waals surface area contributed by atoms with Gasteiger partial charge in [0.15, 0.2) is 11.8 Å². The number of hydrogen-bond donors (Lipinski definition) is 1. The van der Waals surface area contributed by atoms with E-state index in [-0.39, 0.29) is 18.3 Å². The number of hydrogen-bond acceptors (Lipinski definition) is 7. The maximum atomic E-state index is 12.1. The third-order valence-electron chi connectivity index (χ3n) is 4.02. The van der Waals surface area contributed by atoms with Gasteiger partial charge in [-0.25, -0.2) is 9.50 Å². The minimum absolute atomic E-state index is 0.147. The molecule has 0 aliphatic carbocycles. The van der Waals surface area contributed by atoms with Crippen molar-refractivity contribution < 1.29 is 19.1 Å². The van der Waals surface area contributed by atoms with Gasteiger partial charge in [0.25, 0.3) is 5.91 Å². The fourth-order valence-corrected chi connectivity index (χ4v) is 2.77. The number of cyclic esters (lactones) is 1. The molecule has 1 amide bonds. The van der Waals surface area contributed by atoms with Gasteiger partial charge in [-0.2, -0.15) is 4.98 Å². The minimum atomic E-state index is -0.788. The largest absolute Gasteiger partial charge is 0.481 e. The lowest BCUT2D eigenvalue weighted by molar-refractivity contribution is -0.146. The predicted octanol–water partition coefficient (Wildman–Crippen LogP) is 1.44. The van der Waals surface area contributed by atoms with Gasteiger partial charge in [-0.15, -0.1) is 5.10 Å². The number of esters is 1. The number of nitrogens with zero attached hydrogens (tertiary/aromatic N) is 4. The molecule has 0 aromatic carbocycles. The molecule has 0 radical (unpaired) electrons. The Morgan fingerprint density at radius 3 is 3.04 bits per heavy atom. The first kappa shape index (κ1) is 16.0. The van der Waals surface area contributed by atoms with Gasteiger partial charge in [0.05, 0.1) is 7.11 Å². The number of anilines is 1. The van der Waals surface area contributed by atoms with Gasteiger partial charge < -0.3 is 9.47 Å². The molecule has 26 heavy (non-hydrogen) atoms. The SMILES string of the molecule is COc1ncccc1-c1ccc2nc(NC(=O)[C@@H]3CCC(=O)O3)nn2c1. The zero-order chi connectivity index (χ0) is 18.1. The highest BCUT2D eigenvalue weighted by atomic mass is 16.6. The van der Waals surface area contributed by atoms with Crippen LogP contribution in [0.4, 0.5) is 5.95 Å². The molecule has 4 rings (SSSR count). The molecule has 1 atom stereocenters. The first-order valence-corrected chi connectivity index (χ1v) is 8.00. The number of ether oxygens (including phenoxy) is 2. The summed E-state index contributed by atoms with van der Waals surface area (Å²) < 4.78 is 11.8. The van der Waals surface area contributed by atoms with E-state index in [0.29, 0.717) is 17.9 Å². The normalized spacial score (nSPS) is 16.5. The fraction of sp³-hybridized carbons (Fsp3) is 0.235. The van der Waals surface area contributed by atoms with Crippen LogP contribution in [-0.2, 0) is 14.3 Å². The number of aromatic nitrogens is 4. The number of pyridine rings is 2. The second kappa shape index (κ2) is 6.43. The number of carbonyl (C=O) groups excluding carboxylic acids is 2. The lowest BCUT2D eigenvalue weighted by Gasteiger charge is -2.07. The second-order valence-electron chi connectivity index (χ2n) is 5.72. The molecule has 4 heterocycles. The highest BCUT2D eigenvalue weighted by molar-refractivity contribution is 5.95. The van der Waals surface area contributed by atoms with E-state index < -0.39 is 12.0 Å². The average Bonchev–Trinajstić information content (AvgIpc) is 3.26. The summed E-state index contributed by atoms with van der Waals surface area (Å²) in [5.41, 5.74) is 2.22. The van der Waals surface area contributed by atoms with E-state index in [2.05, 4.69) is 20.4 Å². The molecule has 1 fully saturated rings. The molecule has 0 spiro atoms. The number of methoxy groups -OCH3 is 1. The summed E-state index contributed by atoms with van der Waals surface area (Å²) in [6.45, 7) is 0. The molecule has 1 aliphatic heterocycles. The monoisotopic (exact) mass is 353 g/mol. The smallest absolute Gasteiger partial charge is 0.306 e. The second-order valence-corrected chi connectivity index (χ2v) is 5.72. The lowest BCUT2D eigenvalue weighted by Crippen LogP contribution is -2.27. The van der Waals surface area contributed by atoms with Crippen molar-refractivity contribution in [2.45, 2.75) is 18.9 Å². The molecule has 1 N–H and O–H groups in total. The van der Waals surface area contributed by atoms with Gasteiger partial charge in [0.2, 0.25) is 11.8 Å². The summed E-state index contributed by atoms with van der Waals surface area (Å²) in [5, 5.41) is 6.84. The van der Waals surface area contributed by atoms with Crippen molar-refractivity contribution in [3.63, 3.8) is 0 Å². The highest BCUT2D eigenvalue weighted by Gasteiger charge is 2.30. The quantitative estimate of drug-likeness (QED) is 0.707. The summed E-state index contributed by atoms with van der Waals surface area (Å²) in [7, 11) is 1.56. The Bertz CT molecular complexity index is 1000. The Hall–Kier alpha value is -3.49. The maximum Gasteiger partial charge on any atom is 0.306 e. The van der Waals surface area contributed by atoms with Crippen molar-refractivity contribution in [1.82, 2.24) is 19.6 Å². The average molecular weight is 353 g/mol. The Morgan fingerprint density at radius 2 is 2.27 bits per heavy atom. The van der Waals surface area contributed by atoms with Crippen LogP contribution in [0.2, 0.25) is 0 Å². The number of carbonyl (C=O) groups is 2. The first-order chi connectivity index (χ1) is 12.6. The Morgan fingerprint density at radius 1 is 1.38 bits per heavy atom. The molecule has 9 heteroatoms. The van der Waals surface area contributed by atoms with Gasteiger partial charge in [-0.3, -0.25) is 14.9 Å². The maximum absolute atomic E-state index is 12.1. The number of rotatable bonds is 4. The molecule has 1 saturated heterocycles. The summed E-state index contributed by atoms with van der Waals surface area (Å²) >= 11 is 0. The molecule has 132 valence electrons. The van der Waals surface area contributed by atoms with Gasteiger partial charge in [-0.1, -0.05) is 0 Å². The molecule has 0 bridgehead atoms. The summed E-state index contributed by atoms with van der Waals surface area (Å²) in [6, 6.07) is 7.35. The standard InChI is InChI=1S/C17H15N5O4/c1-25-16-11(3-2-8-18-16)10-4-6-13-19-17(21-22(13)9-10)20-15(24)12-5-7-14(23)26-12/h2-4,6,8-9,12H,5,7H2,1H3,(H,20,21,24)/t12-/m0/s1. The van der Waals surface area contributed by atoms with E-state index in [9.17, 15) is 9.59 Å². The van der Waals surface area contributed by atoms with E-state index in [4.69, 9.17) is 9.47 Å². The van der Waals surface area contributed by atoms with Crippen molar-refractivity contribution in [1.29, 1.82) is 0 Å². The molecular formula is C17H15N5O4. The number of nitrogens with one attached hydrogen (secondary N) is 1. The van der Waals surface area contributed by atoms with Gasteiger partial charge >= 0.3 is 5.97 Å². The van der Waals surface area contributed by atoms with Crippen LogP contribution >= 0.6 is 0 Å². The molecule has 3 aromatic rings. The fourth-order valence-electron chi connectivity index (χ4n) is 2.77. The first-order valence-electron chi connectivity index (χ1n) is 8.00. The Kier molecular flexibility index (Phi) is 3.96. The predicted molar refractivity (Wildman–Crippen MR) is 90.5 cm³/mol. The van der Waals surface area contributed by atoms with E-state index in [1.807, 2.05) is 18.2 Å². The van der Waals surface area contributed by atoms with Crippen LogP contribution in [0.3, 0.4) is 0 Å². The highest BCUT2D eigenvalue weighted by Crippen LogP contribution is 2.27. The van der Waals surface area contributed by atoms with Crippen LogP contribution in [0.25, 0.3) is 16.8 Å². The van der Waals surface area contributed by atoms with Crippen molar-refractivity contribution in [3.05, 3.63) is 36.7 Å². The van der Waals surface area contributed by atoms with Crippen molar-refractivity contribution in [2.24, 2.45) is 0 Å². The molecule has 1 aliphatic rings. The lowest BCUT2D eigenvalue weighted by atomic mass is 10.1. The summed E-state index contributed by atoms with van der Waals surface area (Å²) in [4.78, 5) is 31.7. The van der Waals surface area contributed by atoms with Gasteiger partial charge in [0, 0.05) is 36.4 Å². The molecule has 3 aromatic heterocycles. The molecular weight excluding hydrogens is 338 g/mol. The van der Waals surface area contributed by atoms with Crippen LogP contribution in [0.1, 0.15) is 12.8 Å². The van der Waals surface area contributed by atoms with Crippen LogP contribution < -0.4 is 10.1 Å². The molecule has 9 nitrogen and oxygen atoms in total. The Balaban J connectivity index is 1.60. The van der Waals surface area contributed by atoms with Gasteiger partial charge in [-0.05, 0) is 24.3 Å². The van der Waals surface area contributed by atoms with Crippen LogP contribution in [0, 0.1) is 0 Å². The van der Waals surface area contributed by atoms with Crippen molar-refractivity contribution in [2.75, 3.05) is 12.4 Å². The van der Waals surface area contributed by atoms with Crippen molar-refractivity contribution >= 4 is 23.5 Å². The van der Waals surface area contributed by atoms with E-state index in [1.165, 1.54) is 0 Å². The van der Waals surface area contributed by atoms with Crippen molar-refractivity contribution in [3.8, 4) is 17.0 Å². The van der Waals surface area contributed by atoms with Crippen LogP contribution in [0.15, 0.2) is 36.7 Å². The summed E-state index contributed by atoms with van der Waals surface area (Å²) in [6.07, 6.45) is 3.24. The number of amides is 1. The molecule has 0 unspecified atom stereocenters. The molecule has 0 saturated carbocycles. The summed E-state index contributed by atoms with van der Waals surface area (Å²) in [5.74, 6) is -0.152. The zero-order valence-electron chi connectivity index (χ0n) is 13.9. The van der Waals surface area contributed by atoms with Gasteiger partial charge in [0.1, 0.15) is 0 Å². The van der Waals surface area contributed by atoms with Crippen LogP contribution in [0.5, 0.6) is 5.88 Å². The minimum Gasteiger partial charge on any atom is -0.481 e. The number of fused-ring (bicyclic) bond motifs is 1. The Labute approximate surface area is 148 Å². The topological polar surface area (TPSA) is 108 Å². The van der Waals surface area contributed by atoms with Crippen LogP contribution in [-0.4, -0.2) is 44.7 Å². The van der Waals surface area contributed by atoms with E-state index >= 15 is 0 Å². The zero-order valence-corrected chi connectivity index (χ0v) is 13.9. The third-order valence-corrected chi connectivity index (χ3v) is 4.02. The van der Waals surface area contributed by atoms with E-state index in [1.54, 1.807) is 30.1 Å². The van der Waals surface area contributed by atoms with E-state index in [0.717, 1.165) is 11.1 Å². The third kappa shape index (κ3) is 2.94.